The molecule has 0 saturated carbocycles. The minimum absolute atomic E-state index is 0.169. The number of hydrogen-bond donors (Lipinski definition) is 0. The Labute approximate surface area is 250 Å². The molecule has 1 unspecified atom stereocenters. The monoisotopic (exact) mass is 553 g/mol. The van der Waals surface area contributed by atoms with E-state index in [4.69, 9.17) is 4.74 Å². The summed E-state index contributed by atoms with van der Waals surface area (Å²) in [5.74, 6) is 2.54. The Morgan fingerprint density at radius 3 is 2.40 bits per heavy atom. The van der Waals surface area contributed by atoms with Crippen LogP contribution < -0.4 is 4.74 Å². The Morgan fingerprint density at radius 2 is 1.53 bits per heavy atom. The van der Waals surface area contributed by atoms with Crippen LogP contribution in [0.1, 0.15) is 52.8 Å². The quantitative estimate of drug-likeness (QED) is 0.224. The molecule has 0 amide bonds. The summed E-state index contributed by atoms with van der Waals surface area (Å²) >= 11 is 0. The predicted molar refractivity (Wildman–Crippen MR) is 171 cm³/mol. The molecule has 0 fully saturated rings. The number of nitrogens with zero attached hydrogens (tertiary/aromatic N) is 3. The van der Waals surface area contributed by atoms with Crippen molar-refractivity contribution in [2.24, 2.45) is 5.92 Å². The van der Waals surface area contributed by atoms with Gasteiger partial charge in [0.25, 0.3) is 0 Å². The molecular formula is C39H27N3O. The van der Waals surface area contributed by atoms with Gasteiger partial charge in [-0.1, -0.05) is 55.5 Å². The third kappa shape index (κ3) is 4.11. The molecule has 0 N–H and O–H groups in total. The number of fused-ring (bicyclic) bond motifs is 6. The van der Waals surface area contributed by atoms with Gasteiger partial charge in [0.1, 0.15) is 11.5 Å². The summed E-state index contributed by atoms with van der Waals surface area (Å²) in [5, 5.41) is 21.4. The topological polar surface area (TPSA) is 61.7 Å². The summed E-state index contributed by atoms with van der Waals surface area (Å²) in [5.41, 5.74) is 11.0. The highest BCUT2D eigenvalue weighted by Crippen LogP contribution is 2.47. The number of hydrogen-bond acceptors (Lipinski definition) is 3. The van der Waals surface area contributed by atoms with Crippen molar-refractivity contribution >= 4 is 22.6 Å². The third-order valence-electron chi connectivity index (χ3n) is 8.94. The zero-order chi connectivity index (χ0) is 29.1. The first-order valence-corrected chi connectivity index (χ1v) is 14.7. The summed E-state index contributed by atoms with van der Waals surface area (Å²) in [7, 11) is 0. The fourth-order valence-corrected chi connectivity index (χ4v) is 6.91. The Kier molecular flexibility index (Phi) is 5.71. The molecule has 4 aromatic carbocycles. The van der Waals surface area contributed by atoms with Crippen LogP contribution in [0.25, 0.3) is 39.4 Å². The number of para-hydroxylation sites is 2. The molecule has 43 heavy (non-hydrogen) atoms. The Balaban J connectivity index is 1.25. The van der Waals surface area contributed by atoms with Gasteiger partial charge >= 0.3 is 0 Å². The first-order chi connectivity index (χ1) is 21.1. The summed E-state index contributed by atoms with van der Waals surface area (Å²) in [4.78, 5) is 0. The van der Waals surface area contributed by atoms with Gasteiger partial charge in [0.05, 0.1) is 28.8 Å². The zero-order valence-electron chi connectivity index (χ0n) is 23.7. The van der Waals surface area contributed by atoms with Crippen LogP contribution in [0.4, 0.5) is 0 Å². The maximum Gasteiger partial charge on any atom is 0.130 e. The predicted octanol–water partition coefficient (Wildman–Crippen LogP) is 9.09. The van der Waals surface area contributed by atoms with Gasteiger partial charge in [-0.3, -0.25) is 0 Å². The van der Waals surface area contributed by atoms with Crippen molar-refractivity contribution < 1.29 is 4.74 Å². The minimum atomic E-state index is 0.169. The van der Waals surface area contributed by atoms with Crippen molar-refractivity contribution in [2.75, 3.05) is 0 Å². The van der Waals surface area contributed by atoms with Crippen molar-refractivity contribution in [3.63, 3.8) is 0 Å². The van der Waals surface area contributed by atoms with Crippen molar-refractivity contribution in [3.8, 4) is 34.7 Å². The van der Waals surface area contributed by atoms with E-state index in [1.165, 1.54) is 22.2 Å². The van der Waals surface area contributed by atoms with E-state index < -0.39 is 0 Å². The Morgan fingerprint density at radius 1 is 0.791 bits per heavy atom. The fourth-order valence-electron chi connectivity index (χ4n) is 6.91. The molecule has 5 aromatic rings. The highest BCUT2D eigenvalue weighted by Gasteiger charge is 2.32. The van der Waals surface area contributed by atoms with Gasteiger partial charge in [-0.25, -0.2) is 0 Å². The molecule has 1 aliphatic heterocycles. The van der Waals surface area contributed by atoms with Crippen LogP contribution in [0, 0.1) is 28.6 Å². The van der Waals surface area contributed by atoms with E-state index in [2.05, 4.69) is 96.5 Å². The lowest BCUT2D eigenvalue weighted by atomic mass is 9.84. The number of benzene rings is 4. The van der Waals surface area contributed by atoms with E-state index in [1.54, 1.807) is 0 Å². The number of rotatable bonds is 3. The van der Waals surface area contributed by atoms with Crippen molar-refractivity contribution in [3.05, 3.63) is 142 Å². The van der Waals surface area contributed by atoms with E-state index in [9.17, 15) is 10.5 Å². The summed E-state index contributed by atoms with van der Waals surface area (Å²) < 4.78 is 8.39. The average Bonchev–Trinajstić information content (AvgIpc) is 3.59. The van der Waals surface area contributed by atoms with Gasteiger partial charge in [0, 0.05) is 28.2 Å². The SMILES string of the molecule is C[C@H]1C=Cc2c(c3ccccc3n2-c2cc(C#N)cc(-c3cc(C#N)cc(C4=CC=C5Oc6ccccc6C5C4)c3)c2)C1. The highest BCUT2D eigenvalue weighted by atomic mass is 16.5. The van der Waals surface area contributed by atoms with Crippen LogP contribution in [0.15, 0.2) is 109 Å². The van der Waals surface area contributed by atoms with Crippen LogP contribution in [0.5, 0.6) is 5.75 Å². The number of ether oxygens (including phenoxy) is 1. The van der Waals surface area contributed by atoms with Crippen molar-refractivity contribution in [1.29, 1.82) is 10.5 Å². The normalized spacial score (nSPS) is 18.0. The van der Waals surface area contributed by atoms with Crippen LogP contribution in [0.3, 0.4) is 0 Å². The fraction of sp³-hybridized carbons (Fsp3) is 0.128. The maximum absolute atomic E-state index is 10.1. The van der Waals surface area contributed by atoms with Gasteiger partial charge in [0.15, 0.2) is 0 Å². The summed E-state index contributed by atoms with van der Waals surface area (Å²) in [6, 6.07) is 33.6. The van der Waals surface area contributed by atoms with Gasteiger partial charge < -0.3 is 9.30 Å². The second kappa shape index (κ2) is 9.76. The Bertz CT molecular complexity index is 2160. The van der Waals surface area contributed by atoms with Crippen LogP contribution in [0.2, 0.25) is 0 Å². The van der Waals surface area contributed by atoms with Gasteiger partial charge in [0.2, 0.25) is 0 Å². The second-order valence-electron chi connectivity index (χ2n) is 11.7. The molecule has 204 valence electrons. The molecule has 3 aliphatic rings. The molecule has 4 nitrogen and oxygen atoms in total. The maximum atomic E-state index is 10.1. The standard InChI is InChI=1S/C39H27N3O/c1-24-10-12-37-34(14-24)32-6-2-4-8-36(32)42(37)31-18-26(23-41)17-30(20-31)29-16-25(22-40)15-28(19-29)27-11-13-39-35(21-27)33-7-3-5-9-38(33)43-39/h2-13,15-20,24,35H,14,21H2,1H3/t24-,35?/m0/s1. The first-order valence-electron chi connectivity index (χ1n) is 14.7. The van der Waals surface area contributed by atoms with Gasteiger partial charge in [-0.15, -0.1) is 0 Å². The Hall–Kier alpha value is -5.58. The number of allylic oxidation sites excluding steroid dienone is 5. The average molecular weight is 554 g/mol. The molecule has 0 bridgehead atoms. The van der Waals surface area contributed by atoms with E-state index in [-0.39, 0.29) is 5.92 Å². The lowest BCUT2D eigenvalue weighted by molar-refractivity contribution is 0.426. The third-order valence-corrected chi connectivity index (χ3v) is 8.94. The van der Waals surface area contributed by atoms with E-state index in [0.717, 1.165) is 57.8 Å². The highest BCUT2D eigenvalue weighted by molar-refractivity contribution is 5.91. The van der Waals surface area contributed by atoms with Crippen LogP contribution in [-0.4, -0.2) is 4.57 Å². The largest absolute Gasteiger partial charge is 0.461 e. The smallest absolute Gasteiger partial charge is 0.130 e. The van der Waals surface area contributed by atoms with Crippen LogP contribution in [-0.2, 0) is 6.42 Å². The second-order valence-corrected chi connectivity index (χ2v) is 11.7. The molecule has 2 aliphatic carbocycles. The molecule has 4 heteroatoms. The summed E-state index contributed by atoms with van der Waals surface area (Å²) in [6.45, 7) is 2.25. The molecular weight excluding hydrogens is 526 g/mol. The minimum Gasteiger partial charge on any atom is -0.461 e. The molecule has 0 radical (unpaired) electrons. The van der Waals surface area contributed by atoms with Crippen LogP contribution >= 0.6 is 0 Å². The van der Waals surface area contributed by atoms with E-state index >= 15 is 0 Å². The molecule has 8 rings (SSSR count). The molecule has 0 saturated heterocycles. The molecule has 2 heterocycles. The first kappa shape index (κ1) is 25.2. The van der Waals surface area contributed by atoms with Gasteiger partial charge in [-0.05, 0) is 107 Å². The lowest BCUT2D eigenvalue weighted by Crippen LogP contribution is -2.06. The molecule has 2 atom stereocenters. The van der Waals surface area contributed by atoms with E-state index in [1.807, 2.05) is 36.4 Å². The van der Waals surface area contributed by atoms with Crippen molar-refractivity contribution in [1.82, 2.24) is 4.57 Å². The lowest BCUT2D eigenvalue weighted by Gasteiger charge is -2.19. The molecule has 1 aromatic heterocycles. The van der Waals surface area contributed by atoms with Gasteiger partial charge in [-0.2, -0.15) is 10.5 Å². The zero-order valence-corrected chi connectivity index (χ0v) is 23.7. The number of nitriles is 2. The number of aromatic nitrogens is 1. The summed E-state index contributed by atoms with van der Waals surface area (Å²) in [6.07, 6.45) is 10.4. The molecule has 0 spiro atoms. The van der Waals surface area contributed by atoms with Crippen molar-refractivity contribution in [2.45, 2.75) is 25.7 Å². The van der Waals surface area contributed by atoms with E-state index in [0.29, 0.717) is 17.0 Å².